The molecule has 0 saturated carbocycles. The lowest BCUT2D eigenvalue weighted by atomic mass is 9.99. The first kappa shape index (κ1) is 20.3. The van der Waals surface area contributed by atoms with E-state index in [0.717, 1.165) is 19.3 Å². The van der Waals surface area contributed by atoms with Gasteiger partial charge in [0.25, 0.3) is 0 Å². The average Bonchev–Trinajstić information content (AvgIpc) is 2.54. The van der Waals surface area contributed by atoms with Gasteiger partial charge in [0.2, 0.25) is 0 Å². The zero-order chi connectivity index (χ0) is 17.2. The summed E-state index contributed by atoms with van der Waals surface area (Å²) in [4.78, 5) is 11.8. The number of hydrogen-bond donors (Lipinski definition) is 4. The average molecular weight is 334 g/mol. The summed E-state index contributed by atoms with van der Waals surface area (Å²) in [5.74, 6) is -0.542. The van der Waals surface area contributed by atoms with Gasteiger partial charge in [-0.1, -0.05) is 45.4 Å². The van der Waals surface area contributed by atoms with E-state index in [2.05, 4.69) is 6.92 Å². The predicted molar refractivity (Wildman–Crippen MR) is 82.5 cm³/mol. The summed E-state index contributed by atoms with van der Waals surface area (Å²) in [6, 6.07) is 0. The molecule has 0 spiro atoms. The molecule has 136 valence electrons. The molecule has 0 amide bonds. The Morgan fingerprint density at radius 3 is 2.22 bits per heavy atom. The van der Waals surface area contributed by atoms with Gasteiger partial charge in [0.15, 0.2) is 12.4 Å². The normalized spacial score (nSPS) is 31.1. The van der Waals surface area contributed by atoms with Crippen molar-refractivity contribution in [1.29, 1.82) is 0 Å². The lowest BCUT2D eigenvalue weighted by Gasteiger charge is -2.39. The number of rotatable bonds is 10. The first-order valence-corrected chi connectivity index (χ1v) is 8.51. The maximum absolute atomic E-state index is 11.8. The molecule has 1 saturated heterocycles. The van der Waals surface area contributed by atoms with E-state index in [-0.39, 0.29) is 6.42 Å². The van der Waals surface area contributed by atoms with Crippen molar-refractivity contribution in [3.8, 4) is 0 Å². The molecule has 1 aliphatic rings. The van der Waals surface area contributed by atoms with Crippen LogP contribution in [0.25, 0.3) is 0 Å². The van der Waals surface area contributed by atoms with Crippen molar-refractivity contribution in [2.45, 2.75) is 89.0 Å². The van der Waals surface area contributed by atoms with E-state index in [9.17, 15) is 20.1 Å². The molecule has 4 N–H and O–H groups in total. The third-order valence-electron chi connectivity index (χ3n) is 4.09. The van der Waals surface area contributed by atoms with Crippen LogP contribution >= 0.6 is 0 Å². The van der Waals surface area contributed by atoms with Gasteiger partial charge in [0, 0.05) is 6.42 Å². The van der Waals surface area contributed by atoms with Crippen molar-refractivity contribution in [1.82, 2.24) is 0 Å². The topological polar surface area (TPSA) is 116 Å². The Labute approximate surface area is 137 Å². The largest absolute Gasteiger partial charge is 0.454 e. The summed E-state index contributed by atoms with van der Waals surface area (Å²) in [6.07, 6.45) is 0.770. The molecule has 23 heavy (non-hydrogen) atoms. The summed E-state index contributed by atoms with van der Waals surface area (Å²) in [5, 5.41) is 38.3. The second kappa shape index (κ2) is 10.9. The number of aliphatic hydroxyl groups excluding tert-OH is 4. The molecule has 7 nitrogen and oxygen atoms in total. The van der Waals surface area contributed by atoms with Gasteiger partial charge in [-0.15, -0.1) is 0 Å². The van der Waals surface area contributed by atoms with Crippen molar-refractivity contribution < 1.29 is 34.7 Å². The van der Waals surface area contributed by atoms with E-state index < -0.39 is 43.3 Å². The number of aliphatic hydroxyl groups is 4. The van der Waals surface area contributed by atoms with Gasteiger partial charge in [-0.05, 0) is 6.42 Å². The van der Waals surface area contributed by atoms with Gasteiger partial charge < -0.3 is 29.9 Å². The fourth-order valence-electron chi connectivity index (χ4n) is 2.64. The number of carbonyl (C=O) groups is 1. The Morgan fingerprint density at radius 2 is 1.61 bits per heavy atom. The molecule has 0 aromatic rings. The molecule has 0 bridgehead atoms. The van der Waals surface area contributed by atoms with Gasteiger partial charge in [-0.3, -0.25) is 4.79 Å². The molecule has 0 aromatic carbocycles. The van der Waals surface area contributed by atoms with Crippen LogP contribution in [0.15, 0.2) is 0 Å². The van der Waals surface area contributed by atoms with Crippen LogP contribution in [-0.4, -0.2) is 63.7 Å². The predicted octanol–water partition coefficient (Wildman–Crippen LogP) is 0.470. The lowest BCUT2D eigenvalue weighted by molar-refractivity contribution is -0.290. The molecule has 5 atom stereocenters. The molecule has 1 aliphatic heterocycles. The molecule has 0 aromatic heterocycles. The van der Waals surface area contributed by atoms with Gasteiger partial charge in [0.05, 0.1) is 6.61 Å². The van der Waals surface area contributed by atoms with Crippen LogP contribution in [0.5, 0.6) is 0 Å². The van der Waals surface area contributed by atoms with Crippen LogP contribution in [0, 0.1) is 0 Å². The lowest BCUT2D eigenvalue weighted by Crippen LogP contribution is -2.59. The number of unbranched alkanes of at least 4 members (excludes halogenated alkanes) is 6. The number of carbonyl (C=O) groups excluding carboxylic acids is 1. The van der Waals surface area contributed by atoms with Crippen LogP contribution in [0.3, 0.4) is 0 Å². The number of hydrogen-bond acceptors (Lipinski definition) is 7. The van der Waals surface area contributed by atoms with Gasteiger partial charge in [-0.2, -0.15) is 0 Å². The summed E-state index contributed by atoms with van der Waals surface area (Å²) < 4.78 is 9.95. The fourth-order valence-corrected chi connectivity index (χ4v) is 2.64. The Kier molecular flexibility index (Phi) is 9.66. The minimum Gasteiger partial charge on any atom is -0.454 e. The maximum atomic E-state index is 11.8. The van der Waals surface area contributed by atoms with Gasteiger partial charge in [0.1, 0.15) is 18.3 Å². The van der Waals surface area contributed by atoms with Crippen molar-refractivity contribution in [2.75, 3.05) is 6.61 Å². The number of esters is 1. The highest BCUT2D eigenvalue weighted by atomic mass is 16.7. The molecular weight excluding hydrogens is 304 g/mol. The van der Waals surface area contributed by atoms with Crippen molar-refractivity contribution in [3.63, 3.8) is 0 Å². The zero-order valence-corrected chi connectivity index (χ0v) is 13.8. The molecular formula is C16H30O7. The monoisotopic (exact) mass is 334 g/mol. The minimum atomic E-state index is -1.57. The van der Waals surface area contributed by atoms with Crippen molar-refractivity contribution in [3.05, 3.63) is 0 Å². The first-order chi connectivity index (χ1) is 11.0. The third kappa shape index (κ3) is 6.73. The second-order valence-corrected chi connectivity index (χ2v) is 6.05. The van der Waals surface area contributed by atoms with Crippen LogP contribution in [0.1, 0.15) is 58.3 Å². The molecule has 1 fully saturated rings. The Bertz CT molecular complexity index is 336. The van der Waals surface area contributed by atoms with Crippen LogP contribution in [0.4, 0.5) is 0 Å². The molecule has 1 heterocycles. The zero-order valence-electron chi connectivity index (χ0n) is 13.8. The SMILES string of the molecule is CCCCCCCCCC(=O)O[C@@H]1C(O)O[C@H](CO)[C@@H](O)[C@@H]1O. The second-order valence-electron chi connectivity index (χ2n) is 6.05. The highest BCUT2D eigenvalue weighted by Gasteiger charge is 2.45. The van der Waals surface area contributed by atoms with E-state index in [4.69, 9.17) is 14.6 Å². The van der Waals surface area contributed by atoms with Crippen LogP contribution < -0.4 is 0 Å². The molecule has 0 aliphatic carbocycles. The minimum absolute atomic E-state index is 0.198. The van der Waals surface area contributed by atoms with E-state index in [0.29, 0.717) is 6.42 Å². The maximum Gasteiger partial charge on any atom is 0.306 e. The summed E-state index contributed by atoms with van der Waals surface area (Å²) in [6.45, 7) is 1.61. The summed E-state index contributed by atoms with van der Waals surface area (Å²) in [5.41, 5.74) is 0. The summed E-state index contributed by atoms with van der Waals surface area (Å²) >= 11 is 0. The highest BCUT2D eigenvalue weighted by Crippen LogP contribution is 2.22. The number of ether oxygens (including phenoxy) is 2. The molecule has 0 radical (unpaired) electrons. The Hall–Kier alpha value is -0.730. The fraction of sp³-hybridized carbons (Fsp3) is 0.938. The van der Waals surface area contributed by atoms with E-state index in [1.165, 1.54) is 19.3 Å². The molecule has 7 heteroatoms. The van der Waals surface area contributed by atoms with Crippen LogP contribution in [0.2, 0.25) is 0 Å². The molecule has 1 unspecified atom stereocenters. The quantitative estimate of drug-likeness (QED) is 0.339. The summed E-state index contributed by atoms with van der Waals surface area (Å²) in [7, 11) is 0. The van der Waals surface area contributed by atoms with Gasteiger partial charge in [-0.25, -0.2) is 0 Å². The van der Waals surface area contributed by atoms with Crippen molar-refractivity contribution >= 4 is 5.97 Å². The standard InChI is InChI=1S/C16H30O7/c1-2-3-4-5-6-7-8-9-12(18)23-15-14(20)13(19)11(10-17)22-16(15)21/h11,13-17,19-21H,2-10H2,1H3/t11-,13-,14+,15+,16?/m1/s1. The van der Waals surface area contributed by atoms with E-state index in [1.54, 1.807) is 0 Å². The smallest absolute Gasteiger partial charge is 0.306 e. The highest BCUT2D eigenvalue weighted by molar-refractivity contribution is 5.69. The molecule has 1 rings (SSSR count). The van der Waals surface area contributed by atoms with Crippen LogP contribution in [-0.2, 0) is 14.3 Å². The third-order valence-corrected chi connectivity index (χ3v) is 4.09. The van der Waals surface area contributed by atoms with E-state index >= 15 is 0 Å². The van der Waals surface area contributed by atoms with Gasteiger partial charge >= 0.3 is 5.97 Å². The van der Waals surface area contributed by atoms with E-state index in [1.807, 2.05) is 0 Å². The first-order valence-electron chi connectivity index (χ1n) is 8.51. The Morgan fingerprint density at radius 1 is 1.00 bits per heavy atom. The Balaban J connectivity index is 2.25. The van der Waals surface area contributed by atoms with Crippen molar-refractivity contribution in [2.24, 2.45) is 0 Å².